The van der Waals surface area contributed by atoms with Gasteiger partial charge in [0.2, 0.25) is 5.91 Å². The quantitative estimate of drug-likeness (QED) is 0.281. The van der Waals surface area contributed by atoms with Crippen molar-refractivity contribution in [3.8, 4) is 5.75 Å². The van der Waals surface area contributed by atoms with Crippen LogP contribution in [0.5, 0.6) is 5.75 Å². The first kappa shape index (κ1) is 24.5. The molecule has 0 heterocycles. The Labute approximate surface area is 187 Å². The highest BCUT2D eigenvalue weighted by Crippen LogP contribution is 2.10. The summed E-state index contributed by atoms with van der Waals surface area (Å²) in [6.07, 6.45) is 0.0693. The topological polar surface area (TPSA) is 114 Å². The lowest BCUT2D eigenvalue weighted by Gasteiger charge is -2.18. The monoisotopic (exact) mass is 440 g/mol. The fourth-order valence-corrected chi connectivity index (χ4v) is 2.75. The molecule has 0 unspecified atom stereocenters. The number of carbonyl (C=O) groups is 3. The number of aromatic hydroxyl groups is 1. The Morgan fingerprint density at radius 1 is 0.969 bits per heavy atom. The summed E-state index contributed by atoms with van der Waals surface area (Å²) in [6, 6.07) is 15.2. The van der Waals surface area contributed by atoms with Crippen LogP contribution < -0.4 is 10.6 Å². The number of phenolic OH excluding ortho intramolecular Hbond substituents is 1. The summed E-state index contributed by atoms with van der Waals surface area (Å²) in [5.74, 6) is -0.736. The molecular weight excluding hydrogens is 412 g/mol. The highest BCUT2D eigenvalue weighted by Gasteiger charge is 2.22. The molecule has 0 fully saturated rings. The van der Waals surface area contributed by atoms with Gasteiger partial charge < -0.3 is 25.2 Å². The minimum atomic E-state index is -0.845. The van der Waals surface area contributed by atoms with Gasteiger partial charge in [-0.3, -0.25) is 4.79 Å². The first-order valence-corrected chi connectivity index (χ1v) is 10.2. The lowest BCUT2D eigenvalue weighted by molar-refractivity contribution is -0.139. The van der Waals surface area contributed by atoms with Gasteiger partial charge in [0.1, 0.15) is 25.0 Å². The number of benzene rings is 2. The molecule has 0 radical (unpaired) electrons. The molecule has 2 aromatic carbocycles. The first-order valence-electron chi connectivity index (χ1n) is 10.2. The predicted molar refractivity (Wildman–Crippen MR) is 119 cm³/mol. The Morgan fingerprint density at radius 2 is 1.62 bits per heavy atom. The van der Waals surface area contributed by atoms with Gasteiger partial charge in [-0.1, -0.05) is 49.0 Å². The molecule has 0 bridgehead atoms. The summed E-state index contributed by atoms with van der Waals surface area (Å²) < 4.78 is 9.88. The Hall–Kier alpha value is -3.81. The number of alkyl carbamates (subject to hydrolysis) is 1. The molecule has 0 saturated heterocycles. The smallest absolute Gasteiger partial charge is 0.407 e. The van der Waals surface area contributed by atoms with Crippen molar-refractivity contribution in [1.29, 1.82) is 0 Å². The van der Waals surface area contributed by atoms with Gasteiger partial charge in [-0.25, -0.2) is 9.59 Å². The molecule has 170 valence electrons. The number of amides is 2. The number of phenols is 1. The number of hydrogen-bond donors (Lipinski definition) is 3. The minimum Gasteiger partial charge on any atom is -0.508 e. The van der Waals surface area contributed by atoms with E-state index in [1.54, 1.807) is 24.3 Å². The molecule has 8 nitrogen and oxygen atoms in total. The molecule has 32 heavy (non-hydrogen) atoms. The molecule has 2 amide bonds. The number of rotatable bonds is 11. The van der Waals surface area contributed by atoms with E-state index in [1.165, 1.54) is 6.92 Å². The van der Waals surface area contributed by atoms with E-state index in [-0.39, 0.29) is 36.9 Å². The molecule has 0 aliphatic heterocycles. The van der Waals surface area contributed by atoms with E-state index in [0.717, 1.165) is 11.1 Å². The average Bonchev–Trinajstić information content (AvgIpc) is 2.78. The molecule has 0 aliphatic rings. The van der Waals surface area contributed by atoms with E-state index in [0.29, 0.717) is 13.0 Å². The Kier molecular flexibility index (Phi) is 9.77. The number of esters is 1. The number of hydrogen-bond acceptors (Lipinski definition) is 6. The van der Waals surface area contributed by atoms with Crippen LogP contribution >= 0.6 is 0 Å². The SMILES string of the molecule is C=C(C)C(=O)OCCOC(=O)N[C@@H](Cc1ccccc1)C(=O)NCCc1ccc(O)cc1. The van der Waals surface area contributed by atoms with Gasteiger partial charge in [0.15, 0.2) is 0 Å². The summed E-state index contributed by atoms with van der Waals surface area (Å²) in [4.78, 5) is 36.2. The first-order chi connectivity index (χ1) is 15.3. The maximum atomic E-state index is 12.7. The zero-order valence-corrected chi connectivity index (χ0v) is 18.0. The zero-order valence-electron chi connectivity index (χ0n) is 18.0. The zero-order chi connectivity index (χ0) is 23.3. The van der Waals surface area contributed by atoms with Crippen molar-refractivity contribution in [1.82, 2.24) is 10.6 Å². The van der Waals surface area contributed by atoms with E-state index < -0.39 is 18.1 Å². The second-order valence-electron chi connectivity index (χ2n) is 7.15. The highest BCUT2D eigenvalue weighted by molar-refractivity contribution is 5.87. The summed E-state index contributed by atoms with van der Waals surface area (Å²) >= 11 is 0. The molecule has 0 saturated carbocycles. The molecule has 0 aromatic heterocycles. The van der Waals surface area contributed by atoms with Gasteiger partial charge in [0.25, 0.3) is 0 Å². The van der Waals surface area contributed by atoms with Crippen LogP contribution in [0.25, 0.3) is 0 Å². The van der Waals surface area contributed by atoms with Gasteiger partial charge in [-0.15, -0.1) is 0 Å². The normalized spacial score (nSPS) is 11.2. The van der Waals surface area contributed by atoms with Crippen LogP contribution in [0.2, 0.25) is 0 Å². The number of ether oxygens (including phenoxy) is 2. The Bertz CT molecular complexity index is 912. The largest absolute Gasteiger partial charge is 0.508 e. The standard InChI is InChI=1S/C24H28N2O6/c1-17(2)23(29)31-14-15-32-24(30)26-21(16-19-6-4-3-5-7-19)22(28)25-13-12-18-8-10-20(27)11-9-18/h3-11,21,27H,1,12-16H2,2H3,(H,25,28)(H,26,30)/t21-/m0/s1. The summed E-state index contributed by atoms with van der Waals surface area (Å²) in [5.41, 5.74) is 2.09. The predicted octanol–water partition coefficient (Wildman–Crippen LogP) is 2.51. The lowest BCUT2D eigenvalue weighted by atomic mass is 10.1. The van der Waals surface area contributed by atoms with E-state index in [9.17, 15) is 19.5 Å². The third kappa shape index (κ3) is 8.91. The van der Waals surface area contributed by atoms with Crippen LogP contribution in [0.15, 0.2) is 66.7 Å². The van der Waals surface area contributed by atoms with Crippen molar-refractivity contribution in [2.75, 3.05) is 19.8 Å². The molecule has 0 spiro atoms. The molecule has 1 atom stereocenters. The third-order valence-corrected chi connectivity index (χ3v) is 4.44. The minimum absolute atomic E-state index is 0.110. The van der Waals surface area contributed by atoms with Crippen LogP contribution in [0.3, 0.4) is 0 Å². The van der Waals surface area contributed by atoms with Crippen molar-refractivity contribution in [2.24, 2.45) is 0 Å². The van der Waals surface area contributed by atoms with Crippen LogP contribution in [0.4, 0.5) is 4.79 Å². The maximum absolute atomic E-state index is 12.7. The van der Waals surface area contributed by atoms with Crippen LogP contribution in [-0.4, -0.2) is 48.9 Å². The molecule has 0 aliphatic carbocycles. The molecule has 2 rings (SSSR count). The summed E-state index contributed by atoms with van der Waals surface area (Å²) in [5, 5.41) is 14.7. The number of nitrogens with one attached hydrogen (secondary N) is 2. The van der Waals surface area contributed by atoms with Crippen molar-refractivity contribution >= 4 is 18.0 Å². The fourth-order valence-electron chi connectivity index (χ4n) is 2.75. The molecular formula is C24H28N2O6. The lowest BCUT2D eigenvalue weighted by Crippen LogP contribution is -2.48. The van der Waals surface area contributed by atoms with E-state index >= 15 is 0 Å². The third-order valence-electron chi connectivity index (χ3n) is 4.44. The summed E-state index contributed by atoms with van der Waals surface area (Å²) in [6.45, 7) is 5.09. The average molecular weight is 440 g/mol. The summed E-state index contributed by atoms with van der Waals surface area (Å²) in [7, 11) is 0. The molecule has 2 aromatic rings. The molecule has 8 heteroatoms. The van der Waals surface area contributed by atoms with Crippen LogP contribution in [0.1, 0.15) is 18.1 Å². The van der Waals surface area contributed by atoms with Crippen molar-refractivity contribution in [3.05, 3.63) is 77.9 Å². The highest BCUT2D eigenvalue weighted by atomic mass is 16.6. The van der Waals surface area contributed by atoms with Gasteiger partial charge >= 0.3 is 12.1 Å². The number of carbonyl (C=O) groups excluding carboxylic acids is 3. The van der Waals surface area contributed by atoms with E-state index in [1.807, 2.05) is 30.3 Å². The van der Waals surface area contributed by atoms with Gasteiger partial charge in [0, 0.05) is 18.5 Å². The second-order valence-corrected chi connectivity index (χ2v) is 7.15. The van der Waals surface area contributed by atoms with E-state index in [4.69, 9.17) is 9.47 Å². The van der Waals surface area contributed by atoms with Gasteiger partial charge in [-0.2, -0.15) is 0 Å². The van der Waals surface area contributed by atoms with Crippen molar-refractivity contribution < 1.29 is 29.0 Å². The molecule has 3 N–H and O–H groups in total. The van der Waals surface area contributed by atoms with Crippen molar-refractivity contribution in [3.63, 3.8) is 0 Å². The Balaban J connectivity index is 1.87. The van der Waals surface area contributed by atoms with Gasteiger partial charge in [-0.05, 0) is 36.6 Å². The van der Waals surface area contributed by atoms with Gasteiger partial charge in [0.05, 0.1) is 0 Å². The van der Waals surface area contributed by atoms with Crippen LogP contribution in [0, 0.1) is 0 Å². The maximum Gasteiger partial charge on any atom is 0.407 e. The second kappa shape index (κ2) is 12.8. The Morgan fingerprint density at radius 3 is 2.28 bits per heavy atom. The van der Waals surface area contributed by atoms with Crippen molar-refractivity contribution in [2.45, 2.75) is 25.8 Å². The van der Waals surface area contributed by atoms with Crippen LogP contribution in [-0.2, 0) is 31.9 Å². The van der Waals surface area contributed by atoms with E-state index in [2.05, 4.69) is 17.2 Å². The fraction of sp³-hybridized carbons (Fsp3) is 0.292.